The van der Waals surface area contributed by atoms with Crippen LogP contribution in [0.25, 0.3) is 0 Å². The van der Waals surface area contributed by atoms with Gasteiger partial charge in [-0.1, -0.05) is 19.8 Å². The molecule has 45 heavy (non-hydrogen) atoms. The normalized spacial score (nSPS) is 11.2. The van der Waals surface area contributed by atoms with Gasteiger partial charge in [0, 0.05) is 13.0 Å². The van der Waals surface area contributed by atoms with Crippen LogP contribution in [0.5, 0.6) is 5.75 Å². The number of benzene rings is 1. The molecular weight excluding hydrogens is 617 g/mol. The molecule has 0 radical (unpaired) electrons. The fourth-order valence-electron chi connectivity index (χ4n) is 3.27. The fourth-order valence-corrected chi connectivity index (χ4v) is 3.27. The molecule has 0 unspecified atom stereocenters. The summed E-state index contributed by atoms with van der Waals surface area (Å²) in [4.78, 5) is 23.2. The van der Waals surface area contributed by atoms with Crippen LogP contribution in [0.3, 0.4) is 0 Å². The molecule has 11 nitrogen and oxygen atoms in total. The second kappa shape index (κ2) is 26.7. The fraction of sp³-hybridized carbons (Fsp3) is 0.724. The highest BCUT2D eigenvalue weighted by Crippen LogP contribution is 2.29. The van der Waals surface area contributed by atoms with E-state index in [2.05, 4.69) is 17.0 Å². The van der Waals surface area contributed by atoms with Gasteiger partial charge in [0.15, 0.2) is 0 Å². The van der Waals surface area contributed by atoms with Gasteiger partial charge in [0.2, 0.25) is 40.7 Å². The van der Waals surface area contributed by atoms with Crippen molar-refractivity contribution in [2.45, 2.75) is 39.0 Å². The Hall–Kier alpha value is -2.47. The molecule has 0 aromatic heterocycles. The van der Waals surface area contributed by atoms with Crippen LogP contribution in [0.15, 0.2) is 0 Å². The first-order valence-electron chi connectivity index (χ1n) is 14.8. The number of ether oxygens (including phenoxy) is 8. The van der Waals surface area contributed by atoms with Gasteiger partial charge in [0.05, 0.1) is 98.9 Å². The molecule has 1 aromatic rings. The van der Waals surface area contributed by atoms with Crippen molar-refractivity contribution < 1.29 is 69.4 Å². The summed E-state index contributed by atoms with van der Waals surface area (Å²) in [5, 5.41) is 2.86. The van der Waals surface area contributed by atoms with Crippen LogP contribution < -0.4 is 10.1 Å². The highest BCUT2D eigenvalue weighted by atomic mass is 19.2. The molecule has 1 rings (SSSR count). The minimum Gasteiger partial charge on any atom is -0.420 e. The maximum Gasteiger partial charge on any atom is 0.313 e. The summed E-state index contributed by atoms with van der Waals surface area (Å²) in [7, 11) is 0. The van der Waals surface area contributed by atoms with E-state index < -0.39 is 47.2 Å². The Morgan fingerprint density at radius 1 is 0.511 bits per heavy atom. The Kier molecular flexibility index (Phi) is 24.1. The molecule has 0 aliphatic carbocycles. The molecule has 1 N–H and O–H groups in total. The number of amides is 1. The van der Waals surface area contributed by atoms with Gasteiger partial charge in [-0.15, -0.1) is 0 Å². The topological polar surface area (TPSA) is 120 Å². The lowest BCUT2D eigenvalue weighted by atomic mass is 10.2. The second-order valence-electron chi connectivity index (χ2n) is 9.22. The lowest BCUT2D eigenvalue weighted by Crippen LogP contribution is -2.25. The molecule has 0 bridgehead atoms. The summed E-state index contributed by atoms with van der Waals surface area (Å²) in [6, 6.07) is 0. The number of hydrogen-bond donors (Lipinski definition) is 1. The molecule has 1 aromatic carbocycles. The predicted octanol–water partition coefficient (Wildman–Crippen LogP) is 3.49. The van der Waals surface area contributed by atoms with Gasteiger partial charge in [-0.2, -0.15) is 8.78 Å². The van der Waals surface area contributed by atoms with Crippen LogP contribution in [0.1, 0.15) is 39.0 Å². The summed E-state index contributed by atoms with van der Waals surface area (Å²) < 4.78 is 108. The van der Waals surface area contributed by atoms with Gasteiger partial charge in [0.1, 0.15) is 0 Å². The van der Waals surface area contributed by atoms with Crippen LogP contribution in [-0.4, -0.2) is 111 Å². The molecule has 0 aliphatic rings. The summed E-state index contributed by atoms with van der Waals surface area (Å²) in [6.45, 7) is 6.99. The van der Waals surface area contributed by atoms with Gasteiger partial charge >= 0.3 is 5.97 Å². The molecule has 0 atom stereocenters. The standard InChI is InChI=1S/C29H44F5NO10/c1-2-3-4-7-35-22(36)5-8-38-10-12-40-14-16-42-18-20-44-21-19-43-17-15-41-13-11-39-9-6-23(37)45-29-27(33)25(31)24(30)26(32)28(29)34/h2-21H2,1H3,(H,35,36). The van der Waals surface area contributed by atoms with Crippen molar-refractivity contribution >= 4 is 11.9 Å². The SMILES string of the molecule is CCCCCNC(=O)CCOCCOCCOCCOCCOCCOCCOCCC(=O)Oc1c(F)c(F)c(F)c(F)c1F. The Morgan fingerprint density at radius 3 is 1.27 bits per heavy atom. The number of nitrogens with one attached hydrogen (secondary N) is 1. The molecule has 0 saturated heterocycles. The predicted molar refractivity (Wildman–Crippen MR) is 149 cm³/mol. The van der Waals surface area contributed by atoms with E-state index in [0.29, 0.717) is 79.0 Å². The Labute approximate surface area is 259 Å². The summed E-state index contributed by atoms with van der Waals surface area (Å²) in [5.41, 5.74) is 0. The lowest BCUT2D eigenvalue weighted by molar-refractivity contribution is -0.136. The third-order valence-electron chi connectivity index (χ3n) is 5.64. The van der Waals surface area contributed by atoms with Crippen molar-refractivity contribution in [2.24, 2.45) is 0 Å². The quantitative estimate of drug-likeness (QED) is 0.0341. The van der Waals surface area contributed by atoms with Crippen molar-refractivity contribution in [1.29, 1.82) is 0 Å². The van der Waals surface area contributed by atoms with Crippen molar-refractivity contribution in [3.63, 3.8) is 0 Å². The highest BCUT2D eigenvalue weighted by molar-refractivity contribution is 5.75. The molecule has 260 valence electrons. The molecule has 0 spiro atoms. The Bertz CT molecular complexity index is 932. The van der Waals surface area contributed by atoms with Gasteiger partial charge < -0.3 is 43.2 Å². The van der Waals surface area contributed by atoms with Crippen LogP contribution in [0, 0.1) is 29.1 Å². The first-order chi connectivity index (χ1) is 21.8. The minimum atomic E-state index is -2.35. The van der Waals surface area contributed by atoms with Crippen molar-refractivity contribution in [3.05, 3.63) is 29.1 Å². The molecule has 0 heterocycles. The van der Waals surface area contributed by atoms with Gasteiger partial charge in [-0.3, -0.25) is 9.59 Å². The number of halogens is 5. The number of unbranched alkanes of at least 4 members (excludes halogenated alkanes) is 2. The van der Waals surface area contributed by atoms with Crippen LogP contribution >= 0.6 is 0 Å². The summed E-state index contributed by atoms with van der Waals surface area (Å²) in [6.07, 6.45) is 3.07. The van der Waals surface area contributed by atoms with E-state index >= 15 is 0 Å². The summed E-state index contributed by atoms with van der Waals surface area (Å²) >= 11 is 0. The average Bonchev–Trinajstić information content (AvgIpc) is 3.03. The maximum absolute atomic E-state index is 13.5. The molecule has 16 heteroatoms. The number of carbonyl (C=O) groups is 2. The monoisotopic (exact) mass is 661 g/mol. The highest BCUT2D eigenvalue weighted by Gasteiger charge is 2.28. The zero-order valence-corrected chi connectivity index (χ0v) is 25.6. The van der Waals surface area contributed by atoms with Gasteiger partial charge in [-0.05, 0) is 6.42 Å². The Balaban J connectivity index is 1.81. The van der Waals surface area contributed by atoms with E-state index in [1.807, 2.05) is 0 Å². The molecule has 0 aliphatic heterocycles. The molecule has 0 saturated carbocycles. The third kappa shape index (κ3) is 19.6. The third-order valence-corrected chi connectivity index (χ3v) is 5.64. The lowest BCUT2D eigenvalue weighted by Gasteiger charge is -2.09. The number of hydrogen-bond acceptors (Lipinski definition) is 10. The van der Waals surface area contributed by atoms with Gasteiger partial charge in [0.25, 0.3) is 0 Å². The zero-order valence-electron chi connectivity index (χ0n) is 25.6. The minimum absolute atomic E-state index is 0.00235. The Morgan fingerprint density at radius 2 is 0.867 bits per heavy atom. The largest absolute Gasteiger partial charge is 0.420 e. The van der Waals surface area contributed by atoms with Crippen LogP contribution in [-0.2, 0) is 42.7 Å². The zero-order chi connectivity index (χ0) is 33.1. The van der Waals surface area contributed by atoms with E-state index in [4.69, 9.17) is 33.2 Å². The second-order valence-corrected chi connectivity index (χ2v) is 9.22. The first-order valence-corrected chi connectivity index (χ1v) is 14.8. The average molecular weight is 662 g/mol. The van der Waals surface area contributed by atoms with E-state index in [9.17, 15) is 31.5 Å². The van der Waals surface area contributed by atoms with Gasteiger partial charge in [-0.25, -0.2) is 13.2 Å². The molecular formula is C29H44F5NO10. The number of rotatable bonds is 29. The van der Waals surface area contributed by atoms with Crippen LogP contribution in [0.2, 0.25) is 0 Å². The van der Waals surface area contributed by atoms with Crippen molar-refractivity contribution in [3.8, 4) is 5.75 Å². The smallest absolute Gasteiger partial charge is 0.313 e. The van der Waals surface area contributed by atoms with Crippen molar-refractivity contribution in [1.82, 2.24) is 5.32 Å². The molecule has 0 fully saturated rings. The number of esters is 1. The first kappa shape index (κ1) is 40.6. The van der Waals surface area contributed by atoms with E-state index in [1.54, 1.807) is 0 Å². The van der Waals surface area contributed by atoms with E-state index in [0.717, 1.165) is 19.3 Å². The summed E-state index contributed by atoms with van der Waals surface area (Å²) in [5.74, 6) is -14.1. The molecule has 1 amide bonds. The van der Waals surface area contributed by atoms with Crippen LogP contribution in [0.4, 0.5) is 22.0 Å². The van der Waals surface area contributed by atoms with Crippen molar-refractivity contribution in [2.75, 3.05) is 99.0 Å². The van der Waals surface area contributed by atoms with E-state index in [1.165, 1.54) is 0 Å². The maximum atomic E-state index is 13.5. The van der Waals surface area contributed by atoms with E-state index in [-0.39, 0.29) is 32.3 Å². The number of carbonyl (C=O) groups excluding carboxylic acids is 2.